The van der Waals surface area contributed by atoms with Crippen LogP contribution in [0.25, 0.3) is 0 Å². The number of rotatable bonds is 4. The highest BCUT2D eigenvalue weighted by molar-refractivity contribution is 5.90. The van der Waals surface area contributed by atoms with Crippen LogP contribution in [0.2, 0.25) is 0 Å². The van der Waals surface area contributed by atoms with E-state index >= 15 is 0 Å². The van der Waals surface area contributed by atoms with Crippen molar-refractivity contribution < 1.29 is 4.79 Å². The van der Waals surface area contributed by atoms with Crippen molar-refractivity contribution in [3.8, 4) is 0 Å². The largest absolute Gasteiger partial charge is 0.369 e. The third-order valence-electron chi connectivity index (χ3n) is 3.48. The zero-order valence-corrected chi connectivity index (χ0v) is 11.7. The predicted octanol–water partition coefficient (Wildman–Crippen LogP) is 3.29. The van der Waals surface area contributed by atoms with Crippen LogP contribution >= 0.6 is 12.4 Å². The van der Waals surface area contributed by atoms with E-state index < -0.39 is 5.41 Å². The predicted molar refractivity (Wildman–Crippen MR) is 80.4 cm³/mol. The molecular formula is C16H18ClNO. The Labute approximate surface area is 120 Å². The molecule has 0 unspecified atom stereocenters. The normalized spacial score (nSPS) is 10.6. The Morgan fingerprint density at radius 3 is 1.58 bits per heavy atom. The van der Waals surface area contributed by atoms with Crippen molar-refractivity contribution in [2.45, 2.75) is 18.8 Å². The van der Waals surface area contributed by atoms with Gasteiger partial charge in [-0.3, -0.25) is 4.79 Å². The Hall–Kier alpha value is -1.80. The van der Waals surface area contributed by atoms with Crippen LogP contribution in [0.4, 0.5) is 0 Å². The number of carbonyl (C=O) groups is 1. The monoisotopic (exact) mass is 275 g/mol. The summed E-state index contributed by atoms with van der Waals surface area (Å²) in [6.45, 7) is 1.99. The van der Waals surface area contributed by atoms with Crippen LogP contribution in [0.15, 0.2) is 60.7 Å². The van der Waals surface area contributed by atoms with E-state index in [2.05, 4.69) is 0 Å². The molecule has 2 N–H and O–H groups in total. The summed E-state index contributed by atoms with van der Waals surface area (Å²) in [5, 5.41) is 0. The average Bonchev–Trinajstić information content (AvgIpc) is 2.42. The number of carbonyl (C=O) groups excluding carboxylic acids is 1. The second-order valence-electron chi connectivity index (χ2n) is 4.36. The van der Waals surface area contributed by atoms with E-state index in [-0.39, 0.29) is 18.3 Å². The molecular weight excluding hydrogens is 258 g/mol. The van der Waals surface area contributed by atoms with E-state index in [1.807, 2.05) is 67.6 Å². The number of halogens is 1. The molecule has 3 heteroatoms. The molecule has 2 rings (SSSR count). The van der Waals surface area contributed by atoms with E-state index in [0.717, 1.165) is 11.1 Å². The molecule has 0 fully saturated rings. The molecule has 0 aliphatic rings. The van der Waals surface area contributed by atoms with Gasteiger partial charge in [0, 0.05) is 0 Å². The molecule has 0 aliphatic heterocycles. The van der Waals surface area contributed by atoms with E-state index in [1.54, 1.807) is 0 Å². The van der Waals surface area contributed by atoms with E-state index in [1.165, 1.54) is 0 Å². The van der Waals surface area contributed by atoms with Crippen LogP contribution in [-0.2, 0) is 10.2 Å². The SMILES string of the molecule is CCC(C(N)=O)(c1ccccc1)c1ccccc1.Cl. The summed E-state index contributed by atoms with van der Waals surface area (Å²) in [5.74, 6) is -0.303. The minimum atomic E-state index is -0.734. The molecule has 19 heavy (non-hydrogen) atoms. The molecule has 100 valence electrons. The van der Waals surface area contributed by atoms with Gasteiger partial charge < -0.3 is 5.73 Å². The van der Waals surface area contributed by atoms with Crippen LogP contribution in [-0.4, -0.2) is 5.91 Å². The molecule has 0 heterocycles. The molecule has 2 aromatic carbocycles. The van der Waals surface area contributed by atoms with Gasteiger partial charge in [-0.25, -0.2) is 0 Å². The second kappa shape index (κ2) is 6.39. The van der Waals surface area contributed by atoms with Crippen LogP contribution < -0.4 is 5.73 Å². The molecule has 0 saturated carbocycles. The lowest BCUT2D eigenvalue weighted by Gasteiger charge is -2.30. The summed E-state index contributed by atoms with van der Waals surface area (Å²) in [5.41, 5.74) is 6.87. The van der Waals surface area contributed by atoms with Gasteiger partial charge in [-0.15, -0.1) is 12.4 Å². The van der Waals surface area contributed by atoms with Crippen molar-refractivity contribution in [2.75, 3.05) is 0 Å². The first kappa shape index (κ1) is 15.3. The fraction of sp³-hybridized carbons (Fsp3) is 0.188. The topological polar surface area (TPSA) is 43.1 Å². The van der Waals surface area contributed by atoms with Crippen molar-refractivity contribution in [3.05, 3.63) is 71.8 Å². The third-order valence-corrected chi connectivity index (χ3v) is 3.48. The Bertz CT molecular complexity index is 485. The average molecular weight is 276 g/mol. The molecule has 0 aliphatic carbocycles. The molecule has 2 nitrogen and oxygen atoms in total. The number of benzene rings is 2. The molecule has 0 saturated heterocycles. The molecule has 0 bridgehead atoms. The van der Waals surface area contributed by atoms with Gasteiger partial charge in [-0.05, 0) is 17.5 Å². The fourth-order valence-corrected chi connectivity index (χ4v) is 2.48. The van der Waals surface area contributed by atoms with Gasteiger partial charge in [0.15, 0.2) is 0 Å². The van der Waals surface area contributed by atoms with Gasteiger partial charge in [-0.2, -0.15) is 0 Å². The van der Waals surface area contributed by atoms with Gasteiger partial charge in [-0.1, -0.05) is 67.6 Å². The highest BCUT2D eigenvalue weighted by Crippen LogP contribution is 2.35. The quantitative estimate of drug-likeness (QED) is 0.914. The van der Waals surface area contributed by atoms with Crippen molar-refractivity contribution in [2.24, 2.45) is 5.73 Å². The highest BCUT2D eigenvalue weighted by Gasteiger charge is 2.38. The van der Waals surface area contributed by atoms with Crippen LogP contribution in [0.5, 0.6) is 0 Å². The van der Waals surface area contributed by atoms with Crippen molar-refractivity contribution in [1.82, 2.24) is 0 Å². The zero-order valence-electron chi connectivity index (χ0n) is 10.9. The minimum absolute atomic E-state index is 0. The second-order valence-corrected chi connectivity index (χ2v) is 4.36. The van der Waals surface area contributed by atoms with Gasteiger partial charge in [0.2, 0.25) is 5.91 Å². The number of hydrogen-bond donors (Lipinski definition) is 1. The van der Waals surface area contributed by atoms with Gasteiger partial charge in [0.05, 0.1) is 5.41 Å². The maximum Gasteiger partial charge on any atom is 0.232 e. The maximum absolute atomic E-state index is 12.1. The van der Waals surface area contributed by atoms with Gasteiger partial charge in [0.25, 0.3) is 0 Å². The standard InChI is InChI=1S/C16H17NO.ClH/c1-2-16(15(17)18,13-9-5-3-6-10-13)14-11-7-4-8-12-14;/h3-12H,2H2,1H3,(H2,17,18);1H. The van der Waals surface area contributed by atoms with Crippen LogP contribution in [0, 0.1) is 0 Å². The number of primary amides is 1. The lowest BCUT2D eigenvalue weighted by molar-refractivity contribution is -0.122. The summed E-state index contributed by atoms with van der Waals surface area (Å²) in [7, 11) is 0. The lowest BCUT2D eigenvalue weighted by atomic mass is 9.72. The molecule has 2 aromatic rings. The minimum Gasteiger partial charge on any atom is -0.369 e. The maximum atomic E-state index is 12.1. The van der Waals surface area contributed by atoms with Crippen molar-refractivity contribution in [1.29, 1.82) is 0 Å². The number of nitrogens with two attached hydrogens (primary N) is 1. The van der Waals surface area contributed by atoms with Crippen molar-refractivity contribution in [3.63, 3.8) is 0 Å². The Balaban J connectivity index is 0.00000180. The third kappa shape index (κ3) is 2.64. The van der Waals surface area contributed by atoms with Gasteiger partial charge >= 0.3 is 0 Å². The first-order valence-corrected chi connectivity index (χ1v) is 6.12. The number of hydrogen-bond acceptors (Lipinski definition) is 1. The Morgan fingerprint density at radius 1 is 0.947 bits per heavy atom. The number of amides is 1. The fourth-order valence-electron chi connectivity index (χ4n) is 2.48. The summed E-state index contributed by atoms with van der Waals surface area (Å²) < 4.78 is 0. The molecule has 0 spiro atoms. The van der Waals surface area contributed by atoms with Gasteiger partial charge in [0.1, 0.15) is 0 Å². The highest BCUT2D eigenvalue weighted by atomic mass is 35.5. The molecule has 0 aromatic heterocycles. The zero-order chi connectivity index (χ0) is 13.0. The van der Waals surface area contributed by atoms with E-state index in [4.69, 9.17) is 5.73 Å². The summed E-state index contributed by atoms with van der Waals surface area (Å²) in [6.07, 6.45) is 0.649. The smallest absolute Gasteiger partial charge is 0.232 e. The Kier molecular flexibility index (Phi) is 5.13. The van der Waals surface area contributed by atoms with Crippen LogP contribution in [0.3, 0.4) is 0 Å². The van der Waals surface area contributed by atoms with Crippen LogP contribution in [0.1, 0.15) is 24.5 Å². The van der Waals surface area contributed by atoms with Crippen molar-refractivity contribution >= 4 is 18.3 Å². The molecule has 0 radical (unpaired) electrons. The molecule has 0 atom stereocenters. The lowest BCUT2D eigenvalue weighted by Crippen LogP contribution is -2.41. The molecule has 1 amide bonds. The van der Waals surface area contributed by atoms with E-state index in [0.29, 0.717) is 6.42 Å². The Morgan fingerprint density at radius 2 is 1.32 bits per heavy atom. The first-order chi connectivity index (χ1) is 8.71. The summed E-state index contributed by atoms with van der Waals surface area (Å²) in [6, 6.07) is 19.5. The summed E-state index contributed by atoms with van der Waals surface area (Å²) >= 11 is 0. The summed E-state index contributed by atoms with van der Waals surface area (Å²) in [4.78, 5) is 12.1. The first-order valence-electron chi connectivity index (χ1n) is 6.12. The van der Waals surface area contributed by atoms with E-state index in [9.17, 15) is 4.79 Å².